The van der Waals surface area contributed by atoms with Crippen molar-refractivity contribution in [3.05, 3.63) is 35.8 Å². The van der Waals surface area contributed by atoms with Crippen molar-refractivity contribution in [2.45, 2.75) is 55.8 Å². The minimum absolute atomic E-state index is 0.0580. The highest BCUT2D eigenvalue weighted by Gasteiger charge is 2.37. The first-order valence-corrected chi connectivity index (χ1v) is 11.7. The normalized spacial score (nSPS) is 22.8. The van der Waals surface area contributed by atoms with E-state index in [9.17, 15) is 13.7 Å². The second-order valence-corrected chi connectivity index (χ2v) is 10.4. The predicted molar refractivity (Wildman–Crippen MR) is 109 cm³/mol. The van der Waals surface area contributed by atoms with E-state index in [0.717, 1.165) is 42.1 Å². The van der Waals surface area contributed by atoms with Crippen LogP contribution in [0.15, 0.2) is 24.4 Å². The molecule has 7 nitrogen and oxygen atoms in total. The lowest BCUT2D eigenvalue weighted by Crippen LogP contribution is -2.27. The summed E-state index contributed by atoms with van der Waals surface area (Å²) in [5, 5.41) is 9.96. The van der Waals surface area contributed by atoms with Gasteiger partial charge in [-0.3, -0.25) is 4.98 Å². The highest BCUT2D eigenvalue weighted by molar-refractivity contribution is 7.91. The summed E-state index contributed by atoms with van der Waals surface area (Å²) in [6, 6.07) is 7.69. The van der Waals surface area contributed by atoms with E-state index in [1.807, 2.05) is 19.1 Å². The molecule has 29 heavy (non-hydrogen) atoms. The average molecular weight is 410 g/mol. The molecule has 0 bridgehead atoms. The third-order valence-corrected chi connectivity index (χ3v) is 8.05. The molecule has 2 aliphatic rings. The van der Waals surface area contributed by atoms with Crippen LogP contribution in [-0.2, 0) is 20.3 Å². The fourth-order valence-electron chi connectivity index (χ4n) is 4.32. The Morgan fingerprint density at radius 2 is 2.10 bits per heavy atom. The summed E-state index contributed by atoms with van der Waals surface area (Å²) >= 11 is 0. The molecule has 1 saturated heterocycles. The number of nitrogens with zero attached hydrogens (tertiary/aromatic N) is 4. The van der Waals surface area contributed by atoms with Gasteiger partial charge in [0, 0.05) is 18.0 Å². The molecule has 3 aromatic rings. The first-order chi connectivity index (χ1) is 14.0. The SMILES string of the molecule is C[C@@H]1CC(n2c(CS(=O)(=O)C3CC3)nc3cnc4ccc(C#N)cc4c32)CCO1. The van der Waals surface area contributed by atoms with Gasteiger partial charge in [0.05, 0.1) is 40.2 Å². The van der Waals surface area contributed by atoms with Gasteiger partial charge in [0.15, 0.2) is 9.84 Å². The van der Waals surface area contributed by atoms with E-state index in [1.54, 1.807) is 12.3 Å². The molecular formula is C21H22N4O3S. The van der Waals surface area contributed by atoms with Gasteiger partial charge in [-0.1, -0.05) is 0 Å². The van der Waals surface area contributed by atoms with E-state index in [2.05, 4.69) is 15.6 Å². The Labute approximate surface area is 169 Å². The molecule has 1 aliphatic heterocycles. The number of sulfone groups is 1. The molecule has 5 rings (SSSR count). The highest BCUT2D eigenvalue weighted by atomic mass is 32.2. The average Bonchev–Trinajstić information content (AvgIpc) is 3.50. The Morgan fingerprint density at radius 1 is 1.28 bits per heavy atom. The van der Waals surface area contributed by atoms with Crippen LogP contribution in [-0.4, -0.2) is 40.9 Å². The van der Waals surface area contributed by atoms with Crippen LogP contribution in [0.1, 0.15) is 50.0 Å². The topological polar surface area (TPSA) is 97.9 Å². The molecule has 0 radical (unpaired) electrons. The van der Waals surface area contributed by atoms with Crippen LogP contribution in [0.2, 0.25) is 0 Å². The number of aromatic nitrogens is 3. The van der Waals surface area contributed by atoms with Crippen molar-refractivity contribution in [2.75, 3.05) is 6.61 Å². The zero-order chi connectivity index (χ0) is 20.2. The lowest BCUT2D eigenvalue weighted by molar-refractivity contribution is 0.00636. The third-order valence-electron chi connectivity index (χ3n) is 5.90. The standard InChI is InChI=1S/C21H22N4O3S/c1-13-8-15(6-7-28-13)25-20(12-29(26,27)16-3-4-16)24-19-11-23-18-5-2-14(10-22)9-17(18)21(19)25/h2,5,9,11,13,15-16H,3-4,6-8,12H2,1H3/t13-,15?/m1/s1. The zero-order valence-electron chi connectivity index (χ0n) is 16.2. The van der Waals surface area contributed by atoms with Gasteiger partial charge in [0.1, 0.15) is 17.1 Å². The minimum atomic E-state index is -3.22. The van der Waals surface area contributed by atoms with Gasteiger partial charge in [-0.25, -0.2) is 13.4 Å². The van der Waals surface area contributed by atoms with Crippen molar-refractivity contribution in [3.8, 4) is 6.07 Å². The van der Waals surface area contributed by atoms with Crippen molar-refractivity contribution >= 4 is 31.8 Å². The predicted octanol–water partition coefficient (Wildman–Crippen LogP) is 3.27. The second-order valence-electron chi connectivity index (χ2n) is 8.10. The van der Waals surface area contributed by atoms with Crippen LogP contribution < -0.4 is 0 Å². The lowest BCUT2D eigenvalue weighted by atomic mass is 10.0. The number of nitriles is 1. The van der Waals surface area contributed by atoms with Crippen molar-refractivity contribution in [1.29, 1.82) is 5.26 Å². The van der Waals surface area contributed by atoms with Crippen molar-refractivity contribution in [2.24, 2.45) is 0 Å². The summed E-state index contributed by atoms with van der Waals surface area (Å²) < 4.78 is 33.4. The Kier molecular flexibility index (Phi) is 4.33. The maximum atomic E-state index is 12.8. The Bertz CT molecular complexity index is 1250. The van der Waals surface area contributed by atoms with Gasteiger partial charge in [0.2, 0.25) is 0 Å². The quantitative estimate of drug-likeness (QED) is 0.655. The van der Waals surface area contributed by atoms with E-state index < -0.39 is 9.84 Å². The molecule has 8 heteroatoms. The van der Waals surface area contributed by atoms with E-state index in [-0.39, 0.29) is 23.1 Å². The third kappa shape index (κ3) is 3.28. The summed E-state index contributed by atoms with van der Waals surface area (Å²) in [5.74, 6) is 0.514. The monoisotopic (exact) mass is 410 g/mol. The molecule has 1 aliphatic carbocycles. The number of rotatable bonds is 4. The summed E-state index contributed by atoms with van der Waals surface area (Å²) in [4.78, 5) is 9.20. The van der Waals surface area contributed by atoms with Gasteiger partial charge in [-0.2, -0.15) is 5.26 Å². The first kappa shape index (κ1) is 18.5. The number of benzene rings is 1. The smallest absolute Gasteiger partial charge is 0.160 e. The Balaban J connectivity index is 1.76. The molecule has 2 atom stereocenters. The maximum absolute atomic E-state index is 12.8. The zero-order valence-corrected chi connectivity index (χ0v) is 17.0. The molecule has 1 saturated carbocycles. The molecule has 2 aromatic heterocycles. The fourth-order valence-corrected chi connectivity index (χ4v) is 5.98. The molecule has 0 spiro atoms. The van der Waals surface area contributed by atoms with Gasteiger partial charge in [-0.05, 0) is 50.8 Å². The van der Waals surface area contributed by atoms with Crippen LogP contribution in [0.5, 0.6) is 0 Å². The molecular weight excluding hydrogens is 388 g/mol. The lowest BCUT2D eigenvalue weighted by Gasteiger charge is -2.30. The fraction of sp³-hybridized carbons (Fsp3) is 0.476. The Morgan fingerprint density at radius 3 is 2.83 bits per heavy atom. The van der Waals surface area contributed by atoms with E-state index in [1.165, 1.54) is 0 Å². The van der Waals surface area contributed by atoms with Crippen molar-refractivity contribution < 1.29 is 13.2 Å². The highest BCUT2D eigenvalue weighted by Crippen LogP contribution is 2.36. The number of pyridine rings is 1. The second kappa shape index (κ2) is 6.78. The number of hydrogen-bond acceptors (Lipinski definition) is 6. The Hall–Kier alpha value is -2.50. The molecule has 0 amide bonds. The van der Waals surface area contributed by atoms with Crippen LogP contribution >= 0.6 is 0 Å². The van der Waals surface area contributed by atoms with E-state index in [4.69, 9.17) is 9.72 Å². The number of ether oxygens (including phenoxy) is 1. The van der Waals surface area contributed by atoms with E-state index >= 15 is 0 Å². The number of hydrogen-bond donors (Lipinski definition) is 0. The molecule has 150 valence electrons. The van der Waals surface area contributed by atoms with Gasteiger partial charge >= 0.3 is 0 Å². The largest absolute Gasteiger partial charge is 0.378 e. The minimum Gasteiger partial charge on any atom is -0.378 e. The number of fused-ring (bicyclic) bond motifs is 3. The van der Waals surface area contributed by atoms with Crippen LogP contribution in [0, 0.1) is 11.3 Å². The van der Waals surface area contributed by atoms with Crippen molar-refractivity contribution in [1.82, 2.24) is 14.5 Å². The summed E-state index contributed by atoms with van der Waals surface area (Å²) in [6.07, 6.45) is 4.88. The van der Waals surface area contributed by atoms with E-state index in [0.29, 0.717) is 23.5 Å². The van der Waals surface area contributed by atoms with Crippen LogP contribution in [0.25, 0.3) is 21.9 Å². The summed E-state index contributed by atoms with van der Waals surface area (Å²) in [7, 11) is -3.22. The van der Waals surface area contributed by atoms with Gasteiger partial charge in [0.25, 0.3) is 0 Å². The molecule has 1 aromatic carbocycles. The molecule has 0 N–H and O–H groups in total. The van der Waals surface area contributed by atoms with Gasteiger partial charge < -0.3 is 9.30 Å². The summed E-state index contributed by atoms with van der Waals surface area (Å²) in [6.45, 7) is 2.67. The molecule has 1 unspecified atom stereocenters. The van der Waals surface area contributed by atoms with Crippen molar-refractivity contribution in [3.63, 3.8) is 0 Å². The molecule has 2 fully saturated rings. The summed E-state index contributed by atoms with van der Waals surface area (Å²) in [5.41, 5.74) is 2.86. The maximum Gasteiger partial charge on any atom is 0.160 e. The van der Waals surface area contributed by atoms with Crippen LogP contribution in [0.4, 0.5) is 0 Å². The molecule has 3 heterocycles. The number of imidazole rings is 1. The first-order valence-electron chi connectivity index (χ1n) is 9.99. The van der Waals surface area contributed by atoms with Crippen LogP contribution in [0.3, 0.4) is 0 Å². The van der Waals surface area contributed by atoms with Gasteiger partial charge in [-0.15, -0.1) is 0 Å².